The van der Waals surface area contributed by atoms with Crippen LogP contribution in [0.1, 0.15) is 20.3 Å². The first-order chi connectivity index (χ1) is 7.06. The molecule has 1 saturated heterocycles. The molecule has 1 atom stereocenters. The zero-order valence-electron chi connectivity index (χ0n) is 9.45. The number of esters is 1. The molecule has 0 radical (unpaired) electrons. The van der Waals surface area contributed by atoms with E-state index in [-0.39, 0.29) is 24.3 Å². The minimum absolute atomic E-state index is 0.0124. The lowest BCUT2D eigenvalue weighted by Gasteiger charge is -2.35. The van der Waals surface area contributed by atoms with Crippen LogP contribution in [0.4, 0.5) is 0 Å². The summed E-state index contributed by atoms with van der Waals surface area (Å²) in [4.78, 5) is 24.7. The van der Waals surface area contributed by atoms with Crippen LogP contribution in [0.2, 0.25) is 0 Å². The van der Waals surface area contributed by atoms with Gasteiger partial charge in [-0.05, 0) is 13.8 Å². The molecule has 0 saturated carbocycles. The maximum Gasteiger partial charge on any atom is 0.307 e. The van der Waals surface area contributed by atoms with E-state index in [0.717, 1.165) is 6.54 Å². The molecule has 1 amide bonds. The second-order valence-corrected chi connectivity index (χ2v) is 3.91. The number of rotatable bonds is 3. The number of ether oxygens (including phenoxy) is 1. The molecule has 1 rings (SSSR count). The van der Waals surface area contributed by atoms with Crippen LogP contribution < -0.4 is 5.32 Å². The Balaban J connectivity index is 2.58. The summed E-state index contributed by atoms with van der Waals surface area (Å²) >= 11 is 0. The molecule has 5 heteroatoms. The summed E-state index contributed by atoms with van der Waals surface area (Å²) in [6, 6.07) is -0.242. The van der Waals surface area contributed by atoms with Gasteiger partial charge in [0.1, 0.15) is 0 Å². The molecular weight excluding hydrogens is 196 g/mol. The fourth-order valence-electron chi connectivity index (χ4n) is 1.68. The van der Waals surface area contributed by atoms with Crippen LogP contribution in [-0.4, -0.2) is 49.1 Å². The van der Waals surface area contributed by atoms with Crippen LogP contribution in [0.3, 0.4) is 0 Å². The number of nitrogens with zero attached hydrogens (tertiary/aromatic N) is 1. The zero-order chi connectivity index (χ0) is 11.4. The van der Waals surface area contributed by atoms with Crippen molar-refractivity contribution in [2.24, 2.45) is 0 Å². The van der Waals surface area contributed by atoms with Gasteiger partial charge in [0.15, 0.2) is 0 Å². The van der Waals surface area contributed by atoms with Crippen molar-refractivity contribution in [3.05, 3.63) is 0 Å². The molecule has 1 aliphatic rings. The van der Waals surface area contributed by atoms with Crippen molar-refractivity contribution in [1.29, 1.82) is 0 Å². The van der Waals surface area contributed by atoms with Gasteiger partial charge in [0, 0.05) is 19.1 Å². The van der Waals surface area contributed by atoms with E-state index in [1.54, 1.807) is 4.90 Å². The normalized spacial score (nSPS) is 22.0. The number of amides is 1. The molecule has 1 unspecified atom stereocenters. The first kappa shape index (κ1) is 12.0. The number of nitrogens with one attached hydrogen (secondary N) is 1. The topological polar surface area (TPSA) is 58.6 Å². The van der Waals surface area contributed by atoms with Gasteiger partial charge in [0.05, 0.1) is 19.6 Å². The highest BCUT2D eigenvalue weighted by Crippen LogP contribution is 2.09. The molecule has 1 heterocycles. The Morgan fingerprint density at radius 3 is 2.87 bits per heavy atom. The van der Waals surface area contributed by atoms with Gasteiger partial charge in [-0.3, -0.25) is 9.59 Å². The molecule has 0 aliphatic carbocycles. The second-order valence-electron chi connectivity index (χ2n) is 3.91. The lowest BCUT2D eigenvalue weighted by molar-refractivity contribution is -0.147. The van der Waals surface area contributed by atoms with Crippen LogP contribution in [0.5, 0.6) is 0 Å². The molecule has 5 nitrogen and oxygen atoms in total. The largest absolute Gasteiger partial charge is 0.469 e. The third kappa shape index (κ3) is 2.92. The first-order valence-electron chi connectivity index (χ1n) is 5.17. The number of piperazine rings is 1. The number of methoxy groups -OCH3 is 1. The minimum atomic E-state index is -0.423. The van der Waals surface area contributed by atoms with Gasteiger partial charge in [-0.25, -0.2) is 0 Å². The van der Waals surface area contributed by atoms with Crippen LogP contribution in [0.25, 0.3) is 0 Å². The number of carbonyl (C=O) groups excluding carboxylic acids is 2. The third-order valence-corrected chi connectivity index (χ3v) is 2.55. The van der Waals surface area contributed by atoms with E-state index >= 15 is 0 Å². The highest BCUT2D eigenvalue weighted by Gasteiger charge is 2.31. The van der Waals surface area contributed by atoms with Crippen molar-refractivity contribution >= 4 is 11.9 Å². The zero-order valence-corrected chi connectivity index (χ0v) is 9.45. The maximum absolute atomic E-state index is 11.9. The third-order valence-electron chi connectivity index (χ3n) is 2.55. The SMILES string of the molecule is COC(=O)CC1NCCN(C(C)C)C1=O. The molecule has 0 aromatic carbocycles. The van der Waals surface area contributed by atoms with Crippen molar-refractivity contribution in [3.8, 4) is 0 Å². The Hall–Kier alpha value is -1.10. The van der Waals surface area contributed by atoms with Crippen LogP contribution >= 0.6 is 0 Å². The number of carbonyl (C=O) groups is 2. The molecule has 1 N–H and O–H groups in total. The van der Waals surface area contributed by atoms with Crippen molar-refractivity contribution in [3.63, 3.8) is 0 Å². The lowest BCUT2D eigenvalue weighted by Crippen LogP contribution is -2.57. The number of hydrogen-bond donors (Lipinski definition) is 1. The summed E-state index contributed by atoms with van der Waals surface area (Å²) < 4.78 is 4.55. The minimum Gasteiger partial charge on any atom is -0.469 e. The second kappa shape index (κ2) is 5.11. The van der Waals surface area contributed by atoms with E-state index in [1.807, 2.05) is 13.8 Å². The highest BCUT2D eigenvalue weighted by molar-refractivity contribution is 5.87. The standard InChI is InChI=1S/C10H18N2O3/c1-7(2)12-5-4-11-8(10(12)14)6-9(13)15-3/h7-8,11H,4-6H2,1-3H3. The summed E-state index contributed by atoms with van der Waals surface area (Å²) in [5.41, 5.74) is 0. The van der Waals surface area contributed by atoms with Gasteiger partial charge >= 0.3 is 5.97 Å². The van der Waals surface area contributed by atoms with Crippen molar-refractivity contribution < 1.29 is 14.3 Å². The molecule has 86 valence electrons. The smallest absolute Gasteiger partial charge is 0.307 e. The Labute approximate surface area is 89.8 Å². The predicted octanol–water partition coefficient (Wildman–Crippen LogP) is -0.242. The van der Waals surface area contributed by atoms with E-state index in [4.69, 9.17) is 0 Å². The summed E-state index contributed by atoms with van der Waals surface area (Å²) in [6.45, 7) is 5.37. The van der Waals surface area contributed by atoms with E-state index in [2.05, 4.69) is 10.1 Å². The quantitative estimate of drug-likeness (QED) is 0.659. The lowest BCUT2D eigenvalue weighted by atomic mass is 10.1. The molecule has 0 aromatic heterocycles. The van der Waals surface area contributed by atoms with Gasteiger partial charge in [-0.15, -0.1) is 0 Å². The van der Waals surface area contributed by atoms with Gasteiger partial charge in [0.2, 0.25) is 5.91 Å². The van der Waals surface area contributed by atoms with Crippen molar-refractivity contribution in [1.82, 2.24) is 10.2 Å². The fourth-order valence-corrected chi connectivity index (χ4v) is 1.68. The van der Waals surface area contributed by atoms with Crippen molar-refractivity contribution in [2.75, 3.05) is 20.2 Å². The Morgan fingerprint density at radius 2 is 2.33 bits per heavy atom. The summed E-state index contributed by atoms with van der Waals surface area (Å²) in [7, 11) is 1.33. The van der Waals surface area contributed by atoms with Gasteiger partial charge < -0.3 is 15.0 Å². The Bertz CT molecular complexity index is 253. The Morgan fingerprint density at radius 1 is 1.67 bits per heavy atom. The molecule has 0 spiro atoms. The van der Waals surface area contributed by atoms with E-state index < -0.39 is 6.04 Å². The average Bonchev–Trinajstić information content (AvgIpc) is 2.20. The van der Waals surface area contributed by atoms with Gasteiger partial charge in [-0.2, -0.15) is 0 Å². The summed E-state index contributed by atoms with van der Waals surface area (Å²) in [5, 5.41) is 3.03. The van der Waals surface area contributed by atoms with Crippen LogP contribution in [-0.2, 0) is 14.3 Å². The summed E-state index contributed by atoms with van der Waals surface area (Å²) in [6.07, 6.45) is 0.110. The van der Waals surface area contributed by atoms with Crippen molar-refractivity contribution in [2.45, 2.75) is 32.4 Å². The average molecular weight is 214 g/mol. The van der Waals surface area contributed by atoms with Crippen LogP contribution in [0.15, 0.2) is 0 Å². The van der Waals surface area contributed by atoms with Gasteiger partial charge in [0.25, 0.3) is 0 Å². The maximum atomic E-state index is 11.9. The summed E-state index contributed by atoms with van der Waals surface area (Å²) in [5.74, 6) is -0.367. The molecular formula is C10H18N2O3. The Kier molecular flexibility index (Phi) is 4.08. The molecule has 15 heavy (non-hydrogen) atoms. The fraction of sp³-hybridized carbons (Fsp3) is 0.800. The van der Waals surface area contributed by atoms with E-state index in [1.165, 1.54) is 7.11 Å². The van der Waals surface area contributed by atoms with Crippen LogP contribution in [0, 0.1) is 0 Å². The number of hydrogen-bond acceptors (Lipinski definition) is 4. The highest BCUT2D eigenvalue weighted by atomic mass is 16.5. The van der Waals surface area contributed by atoms with Gasteiger partial charge in [-0.1, -0.05) is 0 Å². The molecule has 1 aliphatic heterocycles. The van der Waals surface area contributed by atoms with E-state index in [9.17, 15) is 9.59 Å². The first-order valence-corrected chi connectivity index (χ1v) is 5.17. The van der Waals surface area contributed by atoms with E-state index in [0.29, 0.717) is 6.54 Å². The predicted molar refractivity (Wildman–Crippen MR) is 55.3 cm³/mol. The molecule has 0 aromatic rings. The monoisotopic (exact) mass is 214 g/mol. The molecule has 0 bridgehead atoms. The molecule has 1 fully saturated rings.